The molecule has 2 nitrogen and oxygen atoms in total. The van der Waals surface area contributed by atoms with Gasteiger partial charge in [0.15, 0.2) is 0 Å². The quantitative estimate of drug-likeness (QED) is 0.891. The molecule has 1 aromatic carbocycles. The molecule has 0 unspecified atom stereocenters. The molecule has 1 N–H and O–H groups in total. The van der Waals surface area contributed by atoms with Gasteiger partial charge >= 0.3 is 0 Å². The largest absolute Gasteiger partial charge is 0.339 e. The molecular formula is C13H12BrFN2. The SMILES string of the molecule is Cc1cc(F)ccc1Nc1nccc(C)c1Br. The van der Waals surface area contributed by atoms with Crippen LogP contribution in [0.15, 0.2) is 34.9 Å². The Bertz CT molecular complexity index is 555. The van der Waals surface area contributed by atoms with Crippen molar-refractivity contribution in [1.82, 2.24) is 4.98 Å². The number of rotatable bonds is 2. The highest BCUT2D eigenvalue weighted by atomic mass is 79.9. The summed E-state index contributed by atoms with van der Waals surface area (Å²) in [6, 6.07) is 6.55. The number of pyridine rings is 1. The van der Waals surface area contributed by atoms with E-state index in [-0.39, 0.29) is 5.82 Å². The topological polar surface area (TPSA) is 24.9 Å². The van der Waals surface area contributed by atoms with E-state index in [0.29, 0.717) is 0 Å². The van der Waals surface area contributed by atoms with Crippen LogP contribution in [-0.2, 0) is 0 Å². The van der Waals surface area contributed by atoms with E-state index < -0.39 is 0 Å². The predicted octanol–water partition coefficient (Wildman–Crippen LogP) is 4.34. The van der Waals surface area contributed by atoms with E-state index >= 15 is 0 Å². The van der Waals surface area contributed by atoms with Gasteiger partial charge in [-0.05, 0) is 65.2 Å². The molecule has 2 aromatic rings. The summed E-state index contributed by atoms with van der Waals surface area (Å²) >= 11 is 3.48. The highest BCUT2D eigenvalue weighted by Gasteiger charge is 2.06. The molecule has 88 valence electrons. The zero-order chi connectivity index (χ0) is 12.4. The van der Waals surface area contributed by atoms with E-state index in [1.807, 2.05) is 19.9 Å². The van der Waals surface area contributed by atoms with Crippen LogP contribution in [0.4, 0.5) is 15.9 Å². The number of hydrogen-bond donors (Lipinski definition) is 1. The average molecular weight is 295 g/mol. The first kappa shape index (κ1) is 12.0. The lowest BCUT2D eigenvalue weighted by atomic mass is 10.2. The first-order valence-corrected chi connectivity index (χ1v) is 6.01. The molecule has 17 heavy (non-hydrogen) atoms. The van der Waals surface area contributed by atoms with Crippen molar-refractivity contribution in [2.75, 3.05) is 5.32 Å². The van der Waals surface area contributed by atoms with Crippen LogP contribution in [0.3, 0.4) is 0 Å². The second-order valence-electron chi connectivity index (χ2n) is 3.87. The van der Waals surface area contributed by atoms with Gasteiger partial charge in [0, 0.05) is 11.9 Å². The smallest absolute Gasteiger partial charge is 0.144 e. The Kier molecular flexibility index (Phi) is 3.43. The van der Waals surface area contributed by atoms with Gasteiger partial charge in [0.25, 0.3) is 0 Å². The molecule has 0 aliphatic rings. The Hall–Kier alpha value is -1.42. The van der Waals surface area contributed by atoms with Crippen LogP contribution in [0, 0.1) is 19.7 Å². The third-order valence-corrected chi connectivity index (χ3v) is 3.52. The lowest BCUT2D eigenvalue weighted by molar-refractivity contribution is 0.627. The van der Waals surface area contributed by atoms with Crippen LogP contribution in [0.2, 0.25) is 0 Å². The van der Waals surface area contributed by atoms with Gasteiger partial charge in [-0.3, -0.25) is 0 Å². The Morgan fingerprint density at radius 2 is 1.94 bits per heavy atom. The summed E-state index contributed by atoms with van der Waals surface area (Å²) in [5, 5.41) is 3.18. The molecule has 1 aromatic heterocycles. The third kappa shape index (κ3) is 2.64. The van der Waals surface area contributed by atoms with E-state index in [1.54, 1.807) is 12.3 Å². The van der Waals surface area contributed by atoms with Crippen LogP contribution in [0.5, 0.6) is 0 Å². The number of aromatic nitrogens is 1. The molecule has 1 heterocycles. The van der Waals surface area contributed by atoms with E-state index in [0.717, 1.165) is 27.1 Å². The zero-order valence-electron chi connectivity index (χ0n) is 9.59. The molecule has 0 fully saturated rings. The Morgan fingerprint density at radius 3 is 2.65 bits per heavy atom. The average Bonchev–Trinajstić information content (AvgIpc) is 2.28. The maximum Gasteiger partial charge on any atom is 0.144 e. The van der Waals surface area contributed by atoms with Crippen molar-refractivity contribution in [1.29, 1.82) is 0 Å². The summed E-state index contributed by atoms with van der Waals surface area (Å²) in [6.07, 6.45) is 1.74. The first-order chi connectivity index (χ1) is 8.08. The lowest BCUT2D eigenvalue weighted by Gasteiger charge is -2.11. The minimum Gasteiger partial charge on any atom is -0.339 e. The highest BCUT2D eigenvalue weighted by Crippen LogP contribution is 2.27. The Balaban J connectivity index is 2.35. The van der Waals surface area contributed by atoms with Gasteiger partial charge < -0.3 is 5.32 Å². The van der Waals surface area contributed by atoms with Crippen LogP contribution in [0.1, 0.15) is 11.1 Å². The summed E-state index contributed by atoms with van der Waals surface area (Å²) in [6.45, 7) is 3.85. The van der Waals surface area contributed by atoms with Gasteiger partial charge in [-0.1, -0.05) is 0 Å². The number of nitrogens with zero attached hydrogens (tertiary/aromatic N) is 1. The van der Waals surface area contributed by atoms with E-state index in [4.69, 9.17) is 0 Å². The monoisotopic (exact) mass is 294 g/mol. The Labute approximate surface area is 108 Å². The van der Waals surface area contributed by atoms with E-state index in [2.05, 4.69) is 26.2 Å². The van der Waals surface area contributed by atoms with Gasteiger partial charge in [-0.25, -0.2) is 9.37 Å². The van der Waals surface area contributed by atoms with Crippen molar-refractivity contribution in [3.63, 3.8) is 0 Å². The molecule has 0 saturated heterocycles. The molecule has 0 spiro atoms. The molecule has 4 heteroatoms. The summed E-state index contributed by atoms with van der Waals surface area (Å²) in [4.78, 5) is 4.25. The van der Waals surface area contributed by atoms with Crippen molar-refractivity contribution in [2.24, 2.45) is 0 Å². The Morgan fingerprint density at radius 1 is 1.18 bits per heavy atom. The van der Waals surface area contributed by atoms with E-state index in [1.165, 1.54) is 12.1 Å². The fourth-order valence-corrected chi connectivity index (χ4v) is 1.86. The molecule has 0 aliphatic carbocycles. The molecule has 0 radical (unpaired) electrons. The number of benzene rings is 1. The maximum absolute atomic E-state index is 13.0. The highest BCUT2D eigenvalue weighted by molar-refractivity contribution is 9.10. The number of hydrogen-bond acceptors (Lipinski definition) is 2. The third-order valence-electron chi connectivity index (χ3n) is 2.52. The maximum atomic E-state index is 13.0. The zero-order valence-corrected chi connectivity index (χ0v) is 11.2. The van der Waals surface area contributed by atoms with Gasteiger partial charge in [-0.2, -0.15) is 0 Å². The number of anilines is 2. The van der Waals surface area contributed by atoms with Crippen molar-refractivity contribution in [2.45, 2.75) is 13.8 Å². The van der Waals surface area contributed by atoms with Gasteiger partial charge in [0.2, 0.25) is 0 Å². The normalized spacial score (nSPS) is 10.4. The minimum absolute atomic E-state index is 0.232. The molecule has 0 saturated carbocycles. The van der Waals surface area contributed by atoms with E-state index in [9.17, 15) is 4.39 Å². The molecule has 0 aliphatic heterocycles. The van der Waals surface area contributed by atoms with Gasteiger partial charge in [-0.15, -0.1) is 0 Å². The second kappa shape index (κ2) is 4.84. The fourth-order valence-electron chi connectivity index (χ4n) is 1.52. The second-order valence-corrected chi connectivity index (χ2v) is 4.67. The summed E-state index contributed by atoms with van der Waals surface area (Å²) in [5.41, 5.74) is 2.80. The molecule has 0 atom stereocenters. The summed E-state index contributed by atoms with van der Waals surface area (Å²) in [5.74, 6) is 0.504. The molecule has 0 amide bonds. The summed E-state index contributed by atoms with van der Waals surface area (Å²) in [7, 11) is 0. The van der Waals surface area contributed by atoms with Gasteiger partial charge in [0.1, 0.15) is 11.6 Å². The van der Waals surface area contributed by atoms with Crippen LogP contribution < -0.4 is 5.32 Å². The van der Waals surface area contributed by atoms with Crippen LogP contribution in [0.25, 0.3) is 0 Å². The van der Waals surface area contributed by atoms with Crippen molar-refractivity contribution in [3.05, 3.63) is 51.9 Å². The van der Waals surface area contributed by atoms with Crippen LogP contribution in [-0.4, -0.2) is 4.98 Å². The number of halogens is 2. The standard InChI is InChI=1S/C13H12BrFN2/c1-8-5-6-16-13(12(8)14)17-11-4-3-10(15)7-9(11)2/h3-7H,1-2H3,(H,16,17). The van der Waals surface area contributed by atoms with Crippen molar-refractivity contribution in [3.8, 4) is 0 Å². The molecule has 2 rings (SSSR count). The number of nitrogens with one attached hydrogen (secondary N) is 1. The fraction of sp³-hybridized carbons (Fsp3) is 0.154. The molecule has 0 bridgehead atoms. The minimum atomic E-state index is -0.232. The first-order valence-electron chi connectivity index (χ1n) is 5.22. The van der Waals surface area contributed by atoms with Crippen molar-refractivity contribution >= 4 is 27.4 Å². The summed E-state index contributed by atoms with van der Waals surface area (Å²) < 4.78 is 13.9. The van der Waals surface area contributed by atoms with Gasteiger partial charge in [0.05, 0.1) is 4.47 Å². The predicted molar refractivity (Wildman–Crippen MR) is 71.1 cm³/mol. The number of aryl methyl sites for hydroxylation is 2. The lowest BCUT2D eigenvalue weighted by Crippen LogP contribution is -1.98. The van der Waals surface area contributed by atoms with Crippen LogP contribution >= 0.6 is 15.9 Å². The van der Waals surface area contributed by atoms with Crippen molar-refractivity contribution < 1.29 is 4.39 Å². The molecular weight excluding hydrogens is 283 g/mol.